The van der Waals surface area contributed by atoms with Crippen LogP contribution in [0, 0.1) is 19.8 Å². The van der Waals surface area contributed by atoms with Crippen LogP contribution < -0.4 is 5.32 Å². The molecule has 1 saturated carbocycles. The zero-order valence-corrected chi connectivity index (χ0v) is 13.8. The van der Waals surface area contributed by atoms with Gasteiger partial charge in [-0.1, -0.05) is 6.07 Å². The molecule has 0 saturated heterocycles. The van der Waals surface area contributed by atoms with Gasteiger partial charge in [0.1, 0.15) is 4.33 Å². The molecule has 1 N–H and O–H groups in total. The highest BCUT2D eigenvalue weighted by Crippen LogP contribution is 2.53. The SMILES string of the molecule is Cc1cc(C)n(-c2ccc(CNC(=O)C3CC3(Cl)Cl)cn2)n1. The molecular weight excluding hydrogens is 323 g/mol. The summed E-state index contributed by atoms with van der Waals surface area (Å²) in [4.78, 5) is 16.2. The van der Waals surface area contributed by atoms with Gasteiger partial charge in [0.05, 0.1) is 11.6 Å². The van der Waals surface area contributed by atoms with Crippen molar-refractivity contribution in [1.29, 1.82) is 0 Å². The van der Waals surface area contributed by atoms with Gasteiger partial charge in [-0.05, 0) is 38.0 Å². The second-order valence-electron chi connectivity index (χ2n) is 5.60. The summed E-state index contributed by atoms with van der Waals surface area (Å²) in [6.45, 7) is 4.33. The summed E-state index contributed by atoms with van der Waals surface area (Å²) in [6.07, 6.45) is 2.24. The van der Waals surface area contributed by atoms with E-state index in [0.29, 0.717) is 13.0 Å². The molecule has 1 aliphatic rings. The Balaban J connectivity index is 1.62. The number of hydrogen-bond acceptors (Lipinski definition) is 3. The van der Waals surface area contributed by atoms with Crippen molar-refractivity contribution in [2.75, 3.05) is 0 Å². The number of rotatable bonds is 4. The Morgan fingerprint density at radius 3 is 2.68 bits per heavy atom. The number of pyridine rings is 1. The minimum absolute atomic E-state index is 0.118. The Morgan fingerprint density at radius 2 is 2.18 bits per heavy atom. The van der Waals surface area contributed by atoms with E-state index in [1.165, 1.54) is 0 Å². The lowest BCUT2D eigenvalue weighted by Gasteiger charge is -2.07. The van der Waals surface area contributed by atoms with Gasteiger partial charge in [-0.2, -0.15) is 5.10 Å². The van der Waals surface area contributed by atoms with E-state index in [0.717, 1.165) is 22.8 Å². The van der Waals surface area contributed by atoms with E-state index in [9.17, 15) is 4.79 Å². The summed E-state index contributed by atoms with van der Waals surface area (Å²) in [5.41, 5.74) is 2.89. The number of hydrogen-bond donors (Lipinski definition) is 1. The molecule has 7 heteroatoms. The van der Waals surface area contributed by atoms with Crippen LogP contribution in [0.4, 0.5) is 0 Å². The molecule has 116 valence electrons. The van der Waals surface area contributed by atoms with Crippen LogP contribution in [0.1, 0.15) is 23.4 Å². The zero-order valence-electron chi connectivity index (χ0n) is 12.3. The number of carbonyl (C=O) groups is 1. The highest BCUT2D eigenvalue weighted by molar-refractivity contribution is 6.52. The van der Waals surface area contributed by atoms with Gasteiger partial charge in [0.25, 0.3) is 0 Å². The van der Waals surface area contributed by atoms with Crippen LogP contribution in [0.3, 0.4) is 0 Å². The molecule has 2 aromatic heterocycles. The van der Waals surface area contributed by atoms with Crippen molar-refractivity contribution in [1.82, 2.24) is 20.1 Å². The molecule has 0 aliphatic heterocycles. The van der Waals surface area contributed by atoms with Crippen molar-refractivity contribution < 1.29 is 4.79 Å². The lowest BCUT2D eigenvalue weighted by atomic mass is 10.2. The maximum Gasteiger partial charge on any atom is 0.226 e. The first-order valence-electron chi connectivity index (χ1n) is 7.01. The van der Waals surface area contributed by atoms with Crippen LogP contribution in [0.15, 0.2) is 24.4 Å². The standard InChI is InChI=1S/C15H16Cl2N4O/c1-9-5-10(2)21(20-9)13-4-3-11(7-18-13)8-19-14(22)12-6-15(12,16)17/h3-5,7,12H,6,8H2,1-2H3,(H,19,22). The summed E-state index contributed by atoms with van der Waals surface area (Å²) >= 11 is 11.7. The maximum atomic E-state index is 11.8. The Hall–Kier alpha value is -1.59. The first-order chi connectivity index (χ1) is 10.4. The molecule has 1 atom stereocenters. The van der Waals surface area contributed by atoms with Crippen LogP contribution >= 0.6 is 23.2 Å². The van der Waals surface area contributed by atoms with Gasteiger partial charge in [0, 0.05) is 18.4 Å². The highest BCUT2D eigenvalue weighted by Gasteiger charge is 2.56. The van der Waals surface area contributed by atoms with Gasteiger partial charge < -0.3 is 5.32 Å². The molecule has 0 radical (unpaired) electrons. The molecule has 2 aromatic rings. The molecule has 2 heterocycles. The second-order valence-corrected chi connectivity index (χ2v) is 7.14. The molecule has 22 heavy (non-hydrogen) atoms. The van der Waals surface area contributed by atoms with E-state index in [1.54, 1.807) is 10.9 Å². The molecule has 5 nitrogen and oxygen atoms in total. The van der Waals surface area contributed by atoms with Gasteiger partial charge in [-0.3, -0.25) is 4.79 Å². The minimum atomic E-state index is -0.887. The van der Waals surface area contributed by atoms with Gasteiger partial charge in [-0.25, -0.2) is 9.67 Å². The molecule has 0 spiro atoms. The summed E-state index contributed by atoms with van der Waals surface area (Å²) in [7, 11) is 0. The molecule has 1 fully saturated rings. The van der Waals surface area contributed by atoms with E-state index in [4.69, 9.17) is 23.2 Å². The number of aryl methyl sites for hydroxylation is 2. The smallest absolute Gasteiger partial charge is 0.226 e. The third kappa shape index (κ3) is 3.10. The number of halogens is 2. The summed E-state index contributed by atoms with van der Waals surface area (Å²) in [5.74, 6) is 0.328. The third-order valence-electron chi connectivity index (χ3n) is 3.64. The fraction of sp³-hybridized carbons (Fsp3) is 0.400. The molecular formula is C15H16Cl2N4O. The van der Waals surface area contributed by atoms with E-state index in [1.807, 2.05) is 32.0 Å². The largest absolute Gasteiger partial charge is 0.352 e. The molecule has 1 amide bonds. The summed E-state index contributed by atoms with van der Waals surface area (Å²) in [5, 5.41) is 7.21. The van der Waals surface area contributed by atoms with Crippen LogP contribution in [0.5, 0.6) is 0 Å². The number of alkyl halides is 2. The van der Waals surface area contributed by atoms with E-state index < -0.39 is 4.33 Å². The quantitative estimate of drug-likeness (QED) is 0.872. The van der Waals surface area contributed by atoms with Gasteiger partial charge in [0.15, 0.2) is 5.82 Å². The van der Waals surface area contributed by atoms with Gasteiger partial charge in [-0.15, -0.1) is 23.2 Å². The van der Waals surface area contributed by atoms with Crippen LogP contribution in [-0.2, 0) is 11.3 Å². The predicted molar refractivity (Wildman–Crippen MR) is 85.2 cm³/mol. The third-order valence-corrected chi connectivity index (χ3v) is 4.48. The average molecular weight is 339 g/mol. The predicted octanol–water partition coefficient (Wildman–Crippen LogP) is 2.69. The average Bonchev–Trinajstić information content (AvgIpc) is 2.98. The molecule has 1 aliphatic carbocycles. The van der Waals surface area contributed by atoms with Gasteiger partial charge in [0.2, 0.25) is 5.91 Å². The van der Waals surface area contributed by atoms with E-state index >= 15 is 0 Å². The number of nitrogens with zero attached hydrogens (tertiary/aromatic N) is 3. The van der Waals surface area contributed by atoms with Crippen molar-refractivity contribution in [2.24, 2.45) is 5.92 Å². The van der Waals surface area contributed by atoms with Crippen LogP contribution in [-0.4, -0.2) is 25.0 Å². The molecule has 0 aromatic carbocycles. The van der Waals surface area contributed by atoms with Crippen molar-refractivity contribution >= 4 is 29.1 Å². The highest BCUT2D eigenvalue weighted by atomic mass is 35.5. The maximum absolute atomic E-state index is 11.8. The Kier molecular flexibility index (Phi) is 3.87. The number of aromatic nitrogens is 3. The van der Waals surface area contributed by atoms with Crippen molar-refractivity contribution in [3.05, 3.63) is 41.3 Å². The number of carbonyl (C=O) groups excluding carboxylic acids is 1. The first-order valence-corrected chi connectivity index (χ1v) is 7.76. The monoisotopic (exact) mass is 338 g/mol. The Morgan fingerprint density at radius 1 is 1.45 bits per heavy atom. The molecule has 3 rings (SSSR count). The fourth-order valence-electron chi connectivity index (χ4n) is 2.32. The minimum Gasteiger partial charge on any atom is -0.352 e. The van der Waals surface area contributed by atoms with Crippen molar-refractivity contribution in [3.8, 4) is 5.82 Å². The van der Waals surface area contributed by atoms with Crippen LogP contribution in [0.2, 0.25) is 0 Å². The van der Waals surface area contributed by atoms with Crippen molar-refractivity contribution in [3.63, 3.8) is 0 Å². The number of nitrogens with one attached hydrogen (secondary N) is 1. The lowest BCUT2D eigenvalue weighted by molar-refractivity contribution is -0.122. The summed E-state index contributed by atoms with van der Waals surface area (Å²) < 4.78 is 0.902. The zero-order chi connectivity index (χ0) is 15.9. The van der Waals surface area contributed by atoms with E-state index in [-0.39, 0.29) is 11.8 Å². The first kappa shape index (κ1) is 15.3. The fourth-order valence-corrected chi connectivity index (χ4v) is 2.82. The topological polar surface area (TPSA) is 59.8 Å². The molecule has 1 unspecified atom stereocenters. The Bertz CT molecular complexity index is 709. The lowest BCUT2D eigenvalue weighted by Crippen LogP contribution is -2.26. The second kappa shape index (κ2) is 5.56. The number of amides is 1. The van der Waals surface area contributed by atoms with Gasteiger partial charge >= 0.3 is 0 Å². The van der Waals surface area contributed by atoms with Crippen molar-refractivity contribution in [2.45, 2.75) is 31.1 Å². The molecule has 0 bridgehead atoms. The van der Waals surface area contributed by atoms with E-state index in [2.05, 4.69) is 15.4 Å². The normalized spacial score (nSPS) is 19.0. The summed E-state index contributed by atoms with van der Waals surface area (Å²) in [6, 6.07) is 5.79. The van der Waals surface area contributed by atoms with Crippen LogP contribution in [0.25, 0.3) is 5.82 Å². The Labute approximate surface area is 138 Å².